The fourth-order valence-corrected chi connectivity index (χ4v) is 5.03. The Morgan fingerprint density at radius 1 is 0.951 bits per heavy atom. The molecule has 0 fully saturated rings. The molecule has 0 aliphatic rings. The third-order valence-corrected chi connectivity index (χ3v) is 7.50. The van der Waals surface area contributed by atoms with Crippen LogP contribution >= 0.6 is 0 Å². The molecule has 0 bridgehead atoms. The number of fused-ring (bicyclic) bond motifs is 1. The number of imidazole rings is 1. The van der Waals surface area contributed by atoms with Gasteiger partial charge >= 0.3 is 5.97 Å². The number of H-pyrrole nitrogens is 1. The molecule has 3 aromatic carbocycles. The second-order valence-corrected chi connectivity index (χ2v) is 10.8. The molecule has 3 N–H and O–H groups in total. The molecule has 1 unspecified atom stereocenters. The van der Waals surface area contributed by atoms with Crippen molar-refractivity contribution in [3.8, 4) is 11.4 Å². The van der Waals surface area contributed by atoms with Crippen molar-refractivity contribution in [1.82, 2.24) is 19.9 Å². The zero-order chi connectivity index (χ0) is 29.0. The van der Waals surface area contributed by atoms with Crippen LogP contribution in [0.2, 0.25) is 0 Å². The lowest BCUT2D eigenvalue weighted by Gasteiger charge is -2.17. The van der Waals surface area contributed by atoms with Crippen LogP contribution in [0, 0.1) is 6.92 Å². The topological polar surface area (TPSA) is 156 Å². The lowest BCUT2D eigenvalue weighted by molar-refractivity contribution is -0.124. The first-order valence-electron chi connectivity index (χ1n) is 12.7. The molecule has 5 rings (SSSR count). The van der Waals surface area contributed by atoms with E-state index in [1.54, 1.807) is 44.2 Å². The second-order valence-electron chi connectivity index (χ2n) is 9.09. The van der Waals surface area contributed by atoms with E-state index in [2.05, 4.69) is 30.0 Å². The number of esters is 1. The van der Waals surface area contributed by atoms with Gasteiger partial charge in [-0.2, -0.15) is 0 Å². The molecule has 0 radical (unpaired) electrons. The van der Waals surface area contributed by atoms with Gasteiger partial charge in [0.2, 0.25) is 5.95 Å². The van der Waals surface area contributed by atoms with Crippen LogP contribution in [0.15, 0.2) is 90.0 Å². The van der Waals surface area contributed by atoms with E-state index in [0.717, 1.165) is 11.0 Å². The molecule has 5 aromatic rings. The minimum absolute atomic E-state index is 0.0405. The van der Waals surface area contributed by atoms with Gasteiger partial charge in [0, 0.05) is 23.1 Å². The highest BCUT2D eigenvalue weighted by atomic mass is 32.2. The lowest BCUT2D eigenvalue weighted by Crippen LogP contribution is -2.32. The number of aromatic amines is 1. The first-order chi connectivity index (χ1) is 19.7. The van der Waals surface area contributed by atoms with Gasteiger partial charge in [0.1, 0.15) is 5.82 Å². The van der Waals surface area contributed by atoms with Crippen molar-refractivity contribution in [3.05, 3.63) is 96.3 Å². The molecule has 12 heteroatoms. The second kappa shape index (κ2) is 11.6. The van der Waals surface area contributed by atoms with E-state index in [0.29, 0.717) is 22.8 Å². The number of aromatic nitrogens is 4. The van der Waals surface area contributed by atoms with Crippen molar-refractivity contribution in [2.45, 2.75) is 31.3 Å². The Hall–Kier alpha value is -5.10. The van der Waals surface area contributed by atoms with Gasteiger partial charge < -0.3 is 15.0 Å². The summed E-state index contributed by atoms with van der Waals surface area (Å²) in [5.74, 6) is -0.760. The Morgan fingerprint density at radius 3 is 2.41 bits per heavy atom. The van der Waals surface area contributed by atoms with Crippen molar-refractivity contribution in [2.75, 3.05) is 10.0 Å². The van der Waals surface area contributed by atoms with E-state index < -0.39 is 28.0 Å². The standard InChI is InChI=1S/C29H26N6O5S/c1-3-25(40-28(37)22-9-5-4-8-21(22)26-33-23-10-6-7-11-24(23)34-26)27(36)32-19-12-14-20(15-13-19)41(38,39)35-29-30-17-16-18(2)31-29/h4-17,25H,3H2,1-2H3,(H,32,36)(H,33,34)(H,30,31,35). The van der Waals surface area contributed by atoms with Gasteiger partial charge in [-0.05, 0) is 61.9 Å². The molecule has 0 saturated carbocycles. The maximum Gasteiger partial charge on any atom is 0.339 e. The summed E-state index contributed by atoms with van der Waals surface area (Å²) in [5, 5.41) is 2.68. The summed E-state index contributed by atoms with van der Waals surface area (Å²) in [5.41, 5.74) is 3.34. The molecule has 0 aliphatic carbocycles. The average Bonchev–Trinajstić information content (AvgIpc) is 3.40. The number of sulfonamides is 1. The van der Waals surface area contributed by atoms with E-state index in [1.807, 2.05) is 24.3 Å². The first-order valence-corrected chi connectivity index (χ1v) is 14.2. The Balaban J connectivity index is 1.27. The van der Waals surface area contributed by atoms with Crippen molar-refractivity contribution in [2.24, 2.45) is 0 Å². The number of para-hydroxylation sites is 2. The number of amides is 1. The number of hydrogen-bond donors (Lipinski definition) is 3. The fourth-order valence-electron chi connectivity index (χ4n) is 4.08. The predicted octanol–water partition coefficient (Wildman–Crippen LogP) is 4.70. The van der Waals surface area contributed by atoms with Crippen LogP contribution < -0.4 is 10.0 Å². The molecule has 0 saturated heterocycles. The Labute approximate surface area is 236 Å². The third-order valence-electron chi connectivity index (χ3n) is 6.16. The number of nitrogens with zero attached hydrogens (tertiary/aromatic N) is 3. The van der Waals surface area contributed by atoms with Crippen LogP contribution in [0.3, 0.4) is 0 Å². The van der Waals surface area contributed by atoms with Crippen molar-refractivity contribution < 1.29 is 22.7 Å². The van der Waals surface area contributed by atoms with Crippen molar-refractivity contribution >= 4 is 44.6 Å². The number of rotatable bonds is 9. The molecule has 0 spiro atoms. The van der Waals surface area contributed by atoms with Crippen LogP contribution in [0.25, 0.3) is 22.4 Å². The molecule has 208 valence electrons. The summed E-state index contributed by atoms with van der Waals surface area (Å²) in [6, 6.07) is 21.6. The summed E-state index contributed by atoms with van der Waals surface area (Å²) in [6.45, 7) is 3.44. The number of hydrogen-bond acceptors (Lipinski definition) is 8. The molecule has 2 aromatic heterocycles. The molecule has 11 nitrogen and oxygen atoms in total. The number of carbonyl (C=O) groups excluding carboxylic acids is 2. The zero-order valence-corrected chi connectivity index (χ0v) is 23.0. The van der Waals surface area contributed by atoms with Gasteiger partial charge in [-0.25, -0.2) is 32.9 Å². The smallest absolute Gasteiger partial charge is 0.339 e. The number of benzene rings is 3. The largest absolute Gasteiger partial charge is 0.449 e. The minimum Gasteiger partial charge on any atom is -0.449 e. The zero-order valence-electron chi connectivity index (χ0n) is 22.2. The van der Waals surface area contributed by atoms with Crippen LogP contribution in [-0.2, 0) is 19.6 Å². The molecule has 1 atom stereocenters. The van der Waals surface area contributed by atoms with Gasteiger partial charge in [0.25, 0.3) is 15.9 Å². The highest BCUT2D eigenvalue weighted by molar-refractivity contribution is 7.92. The fraction of sp³-hybridized carbons (Fsp3) is 0.138. The highest BCUT2D eigenvalue weighted by Gasteiger charge is 2.25. The monoisotopic (exact) mass is 570 g/mol. The van der Waals surface area contributed by atoms with Gasteiger partial charge in [-0.3, -0.25) is 4.79 Å². The summed E-state index contributed by atoms with van der Waals surface area (Å²) < 4.78 is 33.3. The number of anilines is 2. The van der Waals surface area contributed by atoms with Crippen LogP contribution in [0.1, 0.15) is 29.4 Å². The maximum absolute atomic E-state index is 13.2. The minimum atomic E-state index is -3.94. The van der Waals surface area contributed by atoms with Gasteiger partial charge in [0.15, 0.2) is 6.10 Å². The predicted molar refractivity (Wildman–Crippen MR) is 154 cm³/mol. The quantitative estimate of drug-likeness (QED) is 0.215. The van der Waals surface area contributed by atoms with E-state index in [9.17, 15) is 18.0 Å². The third kappa shape index (κ3) is 6.23. The normalized spacial score (nSPS) is 12.0. The van der Waals surface area contributed by atoms with Crippen LogP contribution in [0.5, 0.6) is 0 Å². The number of aryl methyl sites for hydroxylation is 1. The van der Waals surface area contributed by atoms with Gasteiger partial charge in [-0.15, -0.1) is 0 Å². The lowest BCUT2D eigenvalue weighted by atomic mass is 10.1. The molecule has 0 aliphatic heterocycles. The van der Waals surface area contributed by atoms with Gasteiger partial charge in [0.05, 0.1) is 21.5 Å². The Morgan fingerprint density at radius 2 is 1.68 bits per heavy atom. The molecule has 1 amide bonds. The van der Waals surface area contributed by atoms with Crippen LogP contribution in [0.4, 0.5) is 11.6 Å². The average molecular weight is 571 g/mol. The highest BCUT2D eigenvalue weighted by Crippen LogP contribution is 2.25. The first kappa shape index (κ1) is 27.5. The van der Waals surface area contributed by atoms with Crippen molar-refractivity contribution in [1.29, 1.82) is 0 Å². The Kier molecular flexibility index (Phi) is 7.74. The SMILES string of the molecule is CCC(OC(=O)c1ccccc1-c1nc2ccccc2[nH]1)C(=O)Nc1ccc(S(=O)(=O)Nc2nccc(C)n2)cc1. The Bertz CT molecular complexity index is 1800. The number of ether oxygens (including phenoxy) is 1. The van der Waals surface area contributed by atoms with E-state index >= 15 is 0 Å². The number of nitrogens with one attached hydrogen (secondary N) is 3. The van der Waals surface area contributed by atoms with Crippen LogP contribution in [-0.4, -0.2) is 46.3 Å². The summed E-state index contributed by atoms with van der Waals surface area (Å²) in [6.07, 6.45) is 0.583. The van der Waals surface area contributed by atoms with Crippen molar-refractivity contribution in [3.63, 3.8) is 0 Å². The van der Waals surface area contributed by atoms with Gasteiger partial charge in [-0.1, -0.05) is 37.3 Å². The number of carbonyl (C=O) groups is 2. The summed E-state index contributed by atoms with van der Waals surface area (Å²) >= 11 is 0. The van der Waals surface area contributed by atoms with E-state index in [1.165, 1.54) is 30.5 Å². The molecular formula is C29H26N6O5S. The molecule has 41 heavy (non-hydrogen) atoms. The summed E-state index contributed by atoms with van der Waals surface area (Å²) in [4.78, 5) is 41.9. The van der Waals surface area contributed by atoms with E-state index in [-0.39, 0.29) is 22.8 Å². The maximum atomic E-state index is 13.2. The van der Waals surface area contributed by atoms with E-state index in [4.69, 9.17) is 4.74 Å². The summed E-state index contributed by atoms with van der Waals surface area (Å²) in [7, 11) is -3.94. The molecular weight excluding hydrogens is 544 g/mol. The molecule has 2 heterocycles.